The van der Waals surface area contributed by atoms with Gasteiger partial charge < -0.3 is 9.42 Å². The zero-order valence-electron chi connectivity index (χ0n) is 14.3. The standard InChI is InChI=1S/C20H21N3O2/c1-14-18-12-16(13-21-19(18)25-22-14)20(24)23-11-5-8-17(23)10-9-15-6-3-2-4-7-15/h2-4,6-7,12-13,17H,5,8-11H2,1H3/t17-/m0/s1. The highest BCUT2D eigenvalue weighted by atomic mass is 16.5. The second kappa shape index (κ2) is 6.67. The Morgan fingerprint density at radius 3 is 3.00 bits per heavy atom. The van der Waals surface area contributed by atoms with Gasteiger partial charge in [-0.2, -0.15) is 0 Å². The van der Waals surface area contributed by atoms with Crippen LogP contribution in [-0.4, -0.2) is 33.5 Å². The van der Waals surface area contributed by atoms with E-state index in [1.807, 2.05) is 24.0 Å². The first kappa shape index (κ1) is 15.8. The van der Waals surface area contributed by atoms with Crippen LogP contribution >= 0.6 is 0 Å². The molecule has 0 saturated carbocycles. The van der Waals surface area contributed by atoms with E-state index in [2.05, 4.69) is 34.4 Å². The summed E-state index contributed by atoms with van der Waals surface area (Å²) in [4.78, 5) is 19.2. The van der Waals surface area contributed by atoms with Gasteiger partial charge in [0, 0.05) is 18.8 Å². The maximum atomic E-state index is 13.0. The molecule has 1 amide bonds. The van der Waals surface area contributed by atoms with Crippen molar-refractivity contribution in [3.05, 3.63) is 59.4 Å². The molecule has 1 aliphatic heterocycles. The predicted octanol–water partition coefficient (Wildman–Crippen LogP) is 3.77. The summed E-state index contributed by atoms with van der Waals surface area (Å²) in [7, 11) is 0. The minimum atomic E-state index is 0.0607. The molecule has 1 aromatic carbocycles. The molecule has 1 aliphatic rings. The predicted molar refractivity (Wildman–Crippen MR) is 95.4 cm³/mol. The molecule has 1 fully saturated rings. The first-order valence-corrected chi connectivity index (χ1v) is 8.79. The number of nitrogens with zero attached hydrogens (tertiary/aromatic N) is 3. The van der Waals surface area contributed by atoms with E-state index in [0.29, 0.717) is 17.3 Å². The summed E-state index contributed by atoms with van der Waals surface area (Å²) < 4.78 is 5.13. The Kier molecular flexibility index (Phi) is 4.22. The fourth-order valence-electron chi connectivity index (χ4n) is 3.61. The summed E-state index contributed by atoms with van der Waals surface area (Å²) in [5.74, 6) is 0.0607. The Balaban J connectivity index is 1.50. The Morgan fingerprint density at radius 1 is 1.32 bits per heavy atom. The van der Waals surface area contributed by atoms with Crippen LogP contribution in [0.3, 0.4) is 0 Å². The molecule has 1 saturated heterocycles. The van der Waals surface area contributed by atoms with Gasteiger partial charge >= 0.3 is 0 Å². The van der Waals surface area contributed by atoms with E-state index in [4.69, 9.17) is 4.52 Å². The number of hydrogen-bond donors (Lipinski definition) is 0. The highest BCUT2D eigenvalue weighted by Crippen LogP contribution is 2.25. The van der Waals surface area contributed by atoms with Gasteiger partial charge in [-0.3, -0.25) is 4.79 Å². The number of aromatic nitrogens is 2. The van der Waals surface area contributed by atoms with Gasteiger partial charge in [0.1, 0.15) is 0 Å². The van der Waals surface area contributed by atoms with Gasteiger partial charge in [-0.15, -0.1) is 0 Å². The van der Waals surface area contributed by atoms with Crippen LogP contribution < -0.4 is 0 Å². The van der Waals surface area contributed by atoms with Crippen LogP contribution in [-0.2, 0) is 6.42 Å². The molecule has 5 heteroatoms. The van der Waals surface area contributed by atoms with Crippen molar-refractivity contribution < 1.29 is 9.32 Å². The van der Waals surface area contributed by atoms with Gasteiger partial charge in [-0.25, -0.2) is 4.98 Å². The molecule has 0 unspecified atom stereocenters. The summed E-state index contributed by atoms with van der Waals surface area (Å²) in [5, 5.41) is 4.72. The first-order valence-electron chi connectivity index (χ1n) is 8.79. The minimum absolute atomic E-state index is 0.0607. The van der Waals surface area contributed by atoms with Gasteiger partial charge in [-0.05, 0) is 44.2 Å². The van der Waals surface area contributed by atoms with Crippen molar-refractivity contribution in [1.82, 2.24) is 15.0 Å². The van der Waals surface area contributed by atoms with E-state index in [-0.39, 0.29) is 5.91 Å². The molecule has 25 heavy (non-hydrogen) atoms. The number of aryl methyl sites for hydroxylation is 2. The molecule has 2 aromatic heterocycles. The van der Waals surface area contributed by atoms with E-state index in [1.54, 1.807) is 6.20 Å². The fraction of sp³-hybridized carbons (Fsp3) is 0.350. The number of amides is 1. The Morgan fingerprint density at radius 2 is 2.16 bits per heavy atom. The summed E-state index contributed by atoms with van der Waals surface area (Å²) in [6.07, 6.45) is 5.73. The molecule has 3 aromatic rings. The lowest BCUT2D eigenvalue weighted by Crippen LogP contribution is -2.35. The van der Waals surface area contributed by atoms with Gasteiger partial charge in [0.25, 0.3) is 11.6 Å². The van der Waals surface area contributed by atoms with Gasteiger partial charge in [0.15, 0.2) is 0 Å². The Labute approximate surface area is 146 Å². The average molecular weight is 335 g/mol. The van der Waals surface area contributed by atoms with Crippen LogP contribution in [0.5, 0.6) is 0 Å². The smallest absolute Gasteiger partial charge is 0.257 e. The van der Waals surface area contributed by atoms with E-state index in [9.17, 15) is 4.79 Å². The third-order valence-electron chi connectivity index (χ3n) is 5.00. The first-order chi connectivity index (χ1) is 12.2. The molecule has 128 valence electrons. The van der Waals surface area contributed by atoms with E-state index < -0.39 is 0 Å². The number of likely N-dealkylation sites (tertiary alicyclic amines) is 1. The van der Waals surface area contributed by atoms with E-state index >= 15 is 0 Å². The molecule has 0 bridgehead atoms. The van der Waals surface area contributed by atoms with Gasteiger partial charge in [0.2, 0.25) is 0 Å². The van der Waals surface area contributed by atoms with Crippen LogP contribution in [0, 0.1) is 6.92 Å². The van der Waals surface area contributed by atoms with Crippen molar-refractivity contribution in [2.75, 3.05) is 6.54 Å². The zero-order chi connectivity index (χ0) is 17.2. The fourth-order valence-corrected chi connectivity index (χ4v) is 3.61. The summed E-state index contributed by atoms with van der Waals surface area (Å²) in [6.45, 7) is 2.68. The normalized spacial score (nSPS) is 17.3. The number of rotatable bonds is 4. The maximum Gasteiger partial charge on any atom is 0.257 e. The molecule has 0 radical (unpaired) electrons. The summed E-state index contributed by atoms with van der Waals surface area (Å²) >= 11 is 0. The number of carbonyl (C=O) groups is 1. The zero-order valence-corrected chi connectivity index (χ0v) is 14.3. The van der Waals surface area contributed by atoms with Crippen molar-refractivity contribution in [2.24, 2.45) is 0 Å². The molecule has 5 nitrogen and oxygen atoms in total. The molecule has 0 spiro atoms. The third kappa shape index (κ3) is 3.14. The third-order valence-corrected chi connectivity index (χ3v) is 5.00. The molecule has 0 N–H and O–H groups in total. The van der Waals surface area contributed by atoms with Gasteiger partial charge in [0.05, 0.1) is 16.6 Å². The number of fused-ring (bicyclic) bond motifs is 1. The average Bonchev–Trinajstić information content (AvgIpc) is 3.27. The number of pyridine rings is 1. The van der Waals surface area contributed by atoms with Crippen molar-refractivity contribution in [3.8, 4) is 0 Å². The van der Waals surface area contributed by atoms with Crippen molar-refractivity contribution in [3.63, 3.8) is 0 Å². The Bertz CT molecular complexity index is 888. The van der Waals surface area contributed by atoms with Crippen LogP contribution in [0.2, 0.25) is 0 Å². The molecule has 0 aliphatic carbocycles. The SMILES string of the molecule is Cc1noc2ncc(C(=O)N3CCC[C@H]3CCc3ccccc3)cc12. The van der Waals surface area contributed by atoms with E-state index in [0.717, 1.165) is 43.3 Å². The monoisotopic (exact) mass is 335 g/mol. The topological polar surface area (TPSA) is 59.2 Å². The molecule has 1 atom stereocenters. The van der Waals surface area contributed by atoms with Crippen molar-refractivity contribution in [1.29, 1.82) is 0 Å². The van der Waals surface area contributed by atoms with Crippen LogP contribution in [0.15, 0.2) is 47.1 Å². The number of hydrogen-bond acceptors (Lipinski definition) is 4. The molecular weight excluding hydrogens is 314 g/mol. The van der Waals surface area contributed by atoms with Gasteiger partial charge in [-0.1, -0.05) is 35.5 Å². The summed E-state index contributed by atoms with van der Waals surface area (Å²) in [5.41, 5.74) is 3.19. The van der Waals surface area contributed by atoms with E-state index in [1.165, 1.54) is 5.56 Å². The molecular formula is C20H21N3O2. The van der Waals surface area contributed by atoms with Crippen LogP contribution in [0.25, 0.3) is 11.1 Å². The molecule has 3 heterocycles. The van der Waals surface area contributed by atoms with Crippen LogP contribution in [0.1, 0.15) is 40.9 Å². The number of benzene rings is 1. The lowest BCUT2D eigenvalue weighted by atomic mass is 10.0. The second-order valence-corrected chi connectivity index (χ2v) is 6.66. The van der Waals surface area contributed by atoms with Crippen molar-refractivity contribution >= 4 is 17.0 Å². The largest absolute Gasteiger partial charge is 0.336 e. The quantitative estimate of drug-likeness (QED) is 0.728. The molecule has 4 rings (SSSR count). The van der Waals surface area contributed by atoms with Crippen LogP contribution in [0.4, 0.5) is 0 Å². The highest BCUT2D eigenvalue weighted by Gasteiger charge is 2.29. The minimum Gasteiger partial charge on any atom is -0.336 e. The maximum absolute atomic E-state index is 13.0. The lowest BCUT2D eigenvalue weighted by molar-refractivity contribution is 0.0730. The number of carbonyl (C=O) groups excluding carboxylic acids is 1. The summed E-state index contributed by atoms with van der Waals surface area (Å²) in [6, 6.07) is 12.6. The highest BCUT2D eigenvalue weighted by molar-refractivity contribution is 5.97. The van der Waals surface area contributed by atoms with Crippen molar-refractivity contribution in [2.45, 2.75) is 38.6 Å². The lowest BCUT2D eigenvalue weighted by Gasteiger charge is -2.24. The second-order valence-electron chi connectivity index (χ2n) is 6.66. The Hall–Kier alpha value is -2.69.